The van der Waals surface area contributed by atoms with Crippen LogP contribution in [0.25, 0.3) is 0 Å². The predicted molar refractivity (Wildman–Crippen MR) is 144 cm³/mol. The van der Waals surface area contributed by atoms with Gasteiger partial charge in [-0.15, -0.1) is 13.2 Å². The van der Waals surface area contributed by atoms with E-state index in [1.165, 1.54) is 30.6 Å². The van der Waals surface area contributed by atoms with Crippen LogP contribution in [-0.4, -0.2) is 36.7 Å². The highest BCUT2D eigenvalue weighted by Gasteiger charge is 2.31. The van der Waals surface area contributed by atoms with E-state index in [1.807, 2.05) is 25.1 Å². The number of hydrogen-bond donors (Lipinski definition) is 4. The number of aliphatic imine (C=N–C) groups is 1. The van der Waals surface area contributed by atoms with Gasteiger partial charge < -0.3 is 19.5 Å². The molecule has 5 N–H and O–H groups in total. The fraction of sp³-hybridized carbons (Fsp3) is 0.154. The molecule has 0 radical (unpaired) electrons. The van der Waals surface area contributed by atoms with Gasteiger partial charge in [0.25, 0.3) is 0 Å². The van der Waals surface area contributed by atoms with Crippen LogP contribution in [0.3, 0.4) is 0 Å². The summed E-state index contributed by atoms with van der Waals surface area (Å²) in [6, 6.07) is 17.9. The number of nitrogens with zero attached hydrogens (tertiary/aromatic N) is 2. The first-order valence-corrected chi connectivity index (χ1v) is 12.0. The number of hydrazone groups is 1. The van der Waals surface area contributed by atoms with Gasteiger partial charge in [-0.1, -0.05) is 30.3 Å². The quantitative estimate of drug-likeness (QED) is 0.109. The Morgan fingerprint density at radius 3 is 2.51 bits per heavy atom. The van der Waals surface area contributed by atoms with Crippen LogP contribution in [0.1, 0.15) is 29.7 Å². The Bertz CT molecular complexity index is 1380. The number of nitrogens with one attached hydrogen (secondary N) is 3. The highest BCUT2D eigenvalue weighted by atomic mass is 32.1. The molecule has 0 saturated heterocycles. The molecule has 1 unspecified atom stereocenters. The number of thiocarbonyl (C=S) groups is 1. The van der Waals surface area contributed by atoms with Crippen LogP contribution >= 0.6 is 12.2 Å². The summed E-state index contributed by atoms with van der Waals surface area (Å²) >= 11 is 5.31. The second kappa shape index (κ2) is 12.4. The molecule has 1 heterocycles. The largest absolute Gasteiger partial charge is 0.573 e. The lowest BCUT2D eigenvalue weighted by Crippen LogP contribution is -2.76. The van der Waals surface area contributed by atoms with Crippen molar-refractivity contribution in [2.75, 3.05) is 6.79 Å². The average molecular weight is 558 g/mol. The van der Waals surface area contributed by atoms with Crippen molar-refractivity contribution in [3.8, 4) is 17.2 Å². The van der Waals surface area contributed by atoms with E-state index in [0.29, 0.717) is 22.1 Å². The van der Waals surface area contributed by atoms with E-state index in [1.54, 1.807) is 35.8 Å². The van der Waals surface area contributed by atoms with E-state index >= 15 is 0 Å². The number of amidine groups is 1. The Balaban J connectivity index is 1.22. The summed E-state index contributed by atoms with van der Waals surface area (Å²) in [5.41, 5.74) is 5.73. The molecule has 202 valence electrons. The van der Waals surface area contributed by atoms with Gasteiger partial charge in [0, 0.05) is 17.7 Å². The number of halogens is 3. The molecule has 1 atom stereocenters. The minimum Gasteiger partial charge on any atom is -0.454 e. The van der Waals surface area contributed by atoms with Crippen LogP contribution in [0, 0.1) is 5.41 Å². The number of hydrogen-bond acceptors (Lipinski definition) is 6. The molecule has 39 heavy (non-hydrogen) atoms. The number of fused-ring (bicyclic) bond motifs is 1. The molecular formula is C26H24F3N6O3S+. The maximum atomic E-state index is 12.2. The second-order valence-electron chi connectivity index (χ2n) is 8.21. The summed E-state index contributed by atoms with van der Waals surface area (Å²) in [4.78, 5) is 4.06. The highest BCUT2D eigenvalue weighted by Crippen LogP contribution is 2.34. The van der Waals surface area contributed by atoms with Crippen LogP contribution in [0.15, 0.2) is 76.8 Å². The molecule has 0 aliphatic carbocycles. The second-order valence-corrected chi connectivity index (χ2v) is 8.62. The Morgan fingerprint density at radius 1 is 1.08 bits per heavy atom. The lowest BCUT2D eigenvalue weighted by Gasteiger charge is -2.16. The number of nitrogens with two attached hydrogens (primary N) is 1. The predicted octanol–water partition coefficient (Wildman–Crippen LogP) is 4.12. The fourth-order valence-electron chi connectivity index (χ4n) is 3.44. The number of quaternary nitrogens is 1. The summed E-state index contributed by atoms with van der Waals surface area (Å²) < 4.78 is 51.3. The molecule has 9 nitrogen and oxygen atoms in total. The van der Waals surface area contributed by atoms with Gasteiger partial charge in [-0.3, -0.25) is 16.2 Å². The standard InChI is InChI=1S/C26H23F3N6O3S/c1-16(19-6-11-22-23(12-19)37-15-36-22)34-25(39)35-33-13-17-2-4-18(5-3-17)24(30)32-14-31-20-7-9-21(10-8-20)38-26(27,28)29/h2-14,16H,15H2,1H3,(H2,30,31,32)(H2,34,35,39)/p+1. The Kier molecular flexibility index (Phi) is 8.74. The first-order chi connectivity index (χ1) is 18.7. The van der Waals surface area contributed by atoms with Crippen molar-refractivity contribution < 1.29 is 32.7 Å². The average Bonchev–Trinajstić information content (AvgIpc) is 3.37. The molecule has 3 aromatic carbocycles. The summed E-state index contributed by atoms with van der Waals surface area (Å²) in [5.74, 6) is 1.13. The van der Waals surface area contributed by atoms with E-state index in [0.717, 1.165) is 16.9 Å². The van der Waals surface area contributed by atoms with Gasteiger partial charge in [0.1, 0.15) is 11.4 Å². The molecule has 1 aliphatic heterocycles. The zero-order valence-corrected chi connectivity index (χ0v) is 21.3. The van der Waals surface area contributed by atoms with Crippen molar-refractivity contribution in [2.45, 2.75) is 19.3 Å². The molecule has 0 fully saturated rings. The lowest BCUT2D eigenvalue weighted by molar-refractivity contribution is -0.432. The minimum absolute atomic E-state index is 0.0211. The Morgan fingerprint density at radius 2 is 1.79 bits per heavy atom. The van der Waals surface area contributed by atoms with Gasteiger partial charge in [-0.2, -0.15) is 10.1 Å². The van der Waals surface area contributed by atoms with Crippen LogP contribution in [0.4, 0.5) is 18.9 Å². The van der Waals surface area contributed by atoms with Crippen molar-refractivity contribution in [2.24, 2.45) is 10.1 Å². The van der Waals surface area contributed by atoms with Gasteiger partial charge in [0.05, 0.1) is 12.3 Å². The first-order valence-electron chi connectivity index (χ1n) is 11.6. The molecule has 0 saturated carbocycles. The molecular weight excluding hydrogens is 533 g/mol. The molecule has 0 amide bonds. The normalized spacial score (nSPS) is 13.4. The summed E-state index contributed by atoms with van der Waals surface area (Å²) in [6.45, 7) is 2.18. The van der Waals surface area contributed by atoms with E-state index < -0.39 is 6.36 Å². The fourth-order valence-corrected chi connectivity index (χ4v) is 3.67. The Labute approximate surface area is 227 Å². The summed E-state index contributed by atoms with van der Waals surface area (Å²) in [6.07, 6.45) is -1.74. The molecule has 0 spiro atoms. The highest BCUT2D eigenvalue weighted by molar-refractivity contribution is 7.80. The van der Waals surface area contributed by atoms with Crippen LogP contribution < -0.4 is 30.3 Å². The van der Waals surface area contributed by atoms with Gasteiger partial charge in [0.15, 0.2) is 28.8 Å². The third kappa shape index (κ3) is 8.25. The Hall–Kier alpha value is -4.49. The third-order valence-corrected chi connectivity index (χ3v) is 5.60. The monoisotopic (exact) mass is 557 g/mol. The van der Waals surface area contributed by atoms with Gasteiger partial charge in [0.2, 0.25) is 6.79 Å². The van der Waals surface area contributed by atoms with E-state index in [4.69, 9.17) is 27.1 Å². The summed E-state index contributed by atoms with van der Waals surface area (Å²) in [5, 5.41) is 17.3. The molecule has 4 rings (SSSR count). The number of benzene rings is 3. The van der Waals surface area contributed by atoms with Gasteiger partial charge in [-0.05, 0) is 54.5 Å². The molecule has 0 bridgehead atoms. The number of ether oxygens (including phenoxy) is 3. The maximum absolute atomic E-state index is 12.2. The van der Waals surface area contributed by atoms with Crippen LogP contribution in [0.2, 0.25) is 0 Å². The SMILES string of the molecule is CC(NC(=S)NN=Cc1ccc(C(=N)N=C[NH2+]c2ccc(OC(F)(F)F)cc2)cc1)c1ccc2c(c1)OCO2. The van der Waals surface area contributed by atoms with E-state index in [-0.39, 0.29) is 24.4 Å². The maximum Gasteiger partial charge on any atom is 0.573 e. The van der Waals surface area contributed by atoms with Crippen LogP contribution in [-0.2, 0) is 0 Å². The molecule has 13 heteroatoms. The van der Waals surface area contributed by atoms with Crippen molar-refractivity contribution in [3.63, 3.8) is 0 Å². The van der Waals surface area contributed by atoms with Crippen molar-refractivity contribution in [3.05, 3.63) is 83.4 Å². The minimum atomic E-state index is -4.74. The van der Waals surface area contributed by atoms with Crippen LogP contribution in [0.5, 0.6) is 17.2 Å². The van der Waals surface area contributed by atoms with E-state index in [2.05, 4.69) is 25.6 Å². The zero-order chi connectivity index (χ0) is 27.8. The van der Waals surface area contributed by atoms with Crippen molar-refractivity contribution >= 4 is 41.4 Å². The number of alkyl halides is 3. The smallest absolute Gasteiger partial charge is 0.454 e. The summed E-state index contributed by atoms with van der Waals surface area (Å²) in [7, 11) is 0. The molecule has 0 aromatic heterocycles. The topological polar surface area (TPSA) is 117 Å². The van der Waals surface area contributed by atoms with Crippen molar-refractivity contribution in [1.29, 1.82) is 5.41 Å². The molecule has 3 aromatic rings. The third-order valence-electron chi connectivity index (χ3n) is 5.39. The number of rotatable bonds is 8. The first kappa shape index (κ1) is 27.5. The zero-order valence-electron chi connectivity index (χ0n) is 20.5. The van der Waals surface area contributed by atoms with Gasteiger partial charge >= 0.3 is 6.36 Å². The lowest BCUT2D eigenvalue weighted by atomic mass is 10.1. The van der Waals surface area contributed by atoms with E-state index in [9.17, 15) is 13.2 Å². The van der Waals surface area contributed by atoms with Gasteiger partial charge in [-0.25, -0.2) is 0 Å². The molecule has 1 aliphatic rings. The van der Waals surface area contributed by atoms with Crippen molar-refractivity contribution in [1.82, 2.24) is 10.7 Å².